The van der Waals surface area contributed by atoms with E-state index in [9.17, 15) is 0 Å². The summed E-state index contributed by atoms with van der Waals surface area (Å²) in [7, 11) is 0. The normalized spacial score (nSPS) is 10.1. The second-order valence-electron chi connectivity index (χ2n) is 3.27. The zero-order valence-electron chi connectivity index (χ0n) is 8.16. The Morgan fingerprint density at radius 3 is 2.86 bits per heavy atom. The van der Waals surface area contributed by atoms with E-state index < -0.39 is 0 Å². The van der Waals surface area contributed by atoms with E-state index in [1.165, 1.54) is 17.2 Å². The Kier molecular flexibility index (Phi) is 2.23. The van der Waals surface area contributed by atoms with Gasteiger partial charge in [-0.3, -0.25) is 0 Å². The molecule has 0 saturated heterocycles. The van der Waals surface area contributed by atoms with Gasteiger partial charge in [-0.05, 0) is 18.4 Å². The maximum atomic E-state index is 5.32. The molecule has 0 saturated carbocycles. The summed E-state index contributed by atoms with van der Waals surface area (Å²) in [5.74, 6) is 0.859. The molecular weight excluding hydrogens is 172 g/mol. The number of aryl methyl sites for hydroxylation is 1. The number of fused-ring (bicyclic) bond motifs is 1. The first-order chi connectivity index (χ1) is 6.81. The van der Waals surface area contributed by atoms with Gasteiger partial charge in [-0.15, -0.1) is 0 Å². The van der Waals surface area contributed by atoms with Gasteiger partial charge in [-0.2, -0.15) is 0 Å². The maximum Gasteiger partial charge on any atom is 0.134 e. The molecule has 0 amide bonds. The summed E-state index contributed by atoms with van der Waals surface area (Å²) in [4.78, 5) is 0. The van der Waals surface area contributed by atoms with E-state index >= 15 is 0 Å². The zero-order valence-corrected chi connectivity index (χ0v) is 8.16. The van der Waals surface area contributed by atoms with Gasteiger partial charge in [0.05, 0.1) is 6.26 Å². The van der Waals surface area contributed by atoms with Gasteiger partial charge in [0.1, 0.15) is 5.75 Å². The molecule has 0 radical (unpaired) electrons. The molecule has 0 aliphatic heterocycles. The number of rotatable bonds is 2. The van der Waals surface area contributed by atoms with Gasteiger partial charge in [-0.1, -0.05) is 42.5 Å². The van der Waals surface area contributed by atoms with Crippen molar-refractivity contribution in [3.8, 4) is 5.75 Å². The quantitative estimate of drug-likeness (QED) is 0.647. The Hall–Kier alpha value is -1.76. The summed E-state index contributed by atoms with van der Waals surface area (Å²) in [5.41, 5.74) is 1.26. The summed E-state index contributed by atoms with van der Waals surface area (Å²) >= 11 is 0. The first kappa shape index (κ1) is 8.82. The minimum Gasteiger partial charge on any atom is -0.465 e. The molecule has 0 fully saturated rings. The highest BCUT2D eigenvalue weighted by molar-refractivity contribution is 5.88. The van der Waals surface area contributed by atoms with Crippen molar-refractivity contribution < 1.29 is 4.74 Å². The molecule has 0 heterocycles. The molecule has 1 nitrogen and oxygen atoms in total. The van der Waals surface area contributed by atoms with Crippen molar-refractivity contribution in [2.75, 3.05) is 0 Å². The zero-order chi connectivity index (χ0) is 9.97. The van der Waals surface area contributed by atoms with E-state index in [1.807, 2.05) is 12.1 Å². The highest BCUT2D eigenvalue weighted by Gasteiger charge is 1.99. The largest absolute Gasteiger partial charge is 0.465 e. The molecular formula is C13H12O. The summed E-state index contributed by atoms with van der Waals surface area (Å²) in [6.07, 6.45) is 1.45. The Labute approximate surface area is 83.6 Å². The van der Waals surface area contributed by atoms with Crippen molar-refractivity contribution in [3.05, 3.63) is 54.8 Å². The van der Waals surface area contributed by atoms with Crippen molar-refractivity contribution >= 4 is 10.8 Å². The minimum absolute atomic E-state index is 0.859. The van der Waals surface area contributed by atoms with Crippen molar-refractivity contribution in [2.45, 2.75) is 6.92 Å². The van der Waals surface area contributed by atoms with Crippen LogP contribution in [0.4, 0.5) is 0 Å². The highest BCUT2D eigenvalue weighted by atomic mass is 16.5. The molecule has 2 aromatic rings. The monoisotopic (exact) mass is 184 g/mol. The average molecular weight is 184 g/mol. The lowest BCUT2D eigenvalue weighted by molar-refractivity contribution is 0.489. The van der Waals surface area contributed by atoms with E-state index in [0.29, 0.717) is 0 Å². The Bertz CT molecular complexity index is 472. The third kappa shape index (κ3) is 1.49. The lowest BCUT2D eigenvalue weighted by atomic mass is 10.1. The first-order valence-electron chi connectivity index (χ1n) is 4.58. The predicted octanol–water partition coefficient (Wildman–Crippen LogP) is 3.67. The molecule has 0 aliphatic rings. The lowest BCUT2D eigenvalue weighted by Crippen LogP contribution is -1.83. The van der Waals surface area contributed by atoms with Crippen molar-refractivity contribution in [2.24, 2.45) is 0 Å². The fraction of sp³-hybridized carbons (Fsp3) is 0.0769. The molecule has 0 bridgehead atoms. The predicted molar refractivity (Wildman–Crippen MR) is 59.5 cm³/mol. The number of ether oxygens (including phenoxy) is 1. The molecule has 0 N–H and O–H groups in total. The number of hydrogen-bond acceptors (Lipinski definition) is 1. The van der Waals surface area contributed by atoms with Gasteiger partial charge in [0, 0.05) is 5.39 Å². The van der Waals surface area contributed by atoms with E-state index in [2.05, 4.69) is 37.8 Å². The van der Waals surface area contributed by atoms with Gasteiger partial charge in [0.2, 0.25) is 0 Å². The fourth-order valence-electron chi connectivity index (χ4n) is 1.57. The van der Waals surface area contributed by atoms with Crippen LogP contribution >= 0.6 is 0 Å². The second-order valence-corrected chi connectivity index (χ2v) is 3.27. The molecule has 2 rings (SSSR count). The molecule has 14 heavy (non-hydrogen) atoms. The van der Waals surface area contributed by atoms with Gasteiger partial charge in [0.25, 0.3) is 0 Å². The number of benzene rings is 2. The summed E-state index contributed by atoms with van der Waals surface area (Å²) in [6, 6.07) is 12.3. The Morgan fingerprint density at radius 2 is 2.07 bits per heavy atom. The summed E-state index contributed by atoms with van der Waals surface area (Å²) in [6.45, 7) is 5.64. The molecule has 70 valence electrons. The Morgan fingerprint density at radius 1 is 1.21 bits per heavy atom. The molecule has 0 spiro atoms. The van der Waals surface area contributed by atoms with Gasteiger partial charge < -0.3 is 4.74 Å². The molecule has 1 heteroatoms. The van der Waals surface area contributed by atoms with Crippen LogP contribution in [0.5, 0.6) is 5.75 Å². The van der Waals surface area contributed by atoms with Crippen LogP contribution < -0.4 is 4.74 Å². The van der Waals surface area contributed by atoms with Crippen LogP contribution in [-0.4, -0.2) is 0 Å². The topological polar surface area (TPSA) is 9.23 Å². The van der Waals surface area contributed by atoms with Crippen LogP contribution in [0.15, 0.2) is 49.2 Å². The van der Waals surface area contributed by atoms with Gasteiger partial charge in [-0.25, -0.2) is 0 Å². The standard InChI is InChI=1S/C13H12O/c1-3-14-13-6-4-5-11-9-10(2)7-8-12(11)13/h3-9H,1H2,2H3. The minimum atomic E-state index is 0.859. The third-order valence-corrected chi connectivity index (χ3v) is 2.21. The van der Waals surface area contributed by atoms with E-state index in [1.54, 1.807) is 0 Å². The van der Waals surface area contributed by atoms with Crippen molar-refractivity contribution in [1.82, 2.24) is 0 Å². The van der Waals surface area contributed by atoms with Crippen LogP contribution in [0, 0.1) is 6.92 Å². The smallest absolute Gasteiger partial charge is 0.134 e. The van der Waals surface area contributed by atoms with Crippen molar-refractivity contribution in [1.29, 1.82) is 0 Å². The molecule has 0 aliphatic carbocycles. The van der Waals surface area contributed by atoms with Gasteiger partial charge >= 0.3 is 0 Å². The van der Waals surface area contributed by atoms with Gasteiger partial charge in [0.15, 0.2) is 0 Å². The van der Waals surface area contributed by atoms with Crippen LogP contribution in [0.1, 0.15) is 5.56 Å². The summed E-state index contributed by atoms with van der Waals surface area (Å²) < 4.78 is 5.32. The highest BCUT2D eigenvalue weighted by Crippen LogP contribution is 2.26. The third-order valence-electron chi connectivity index (χ3n) is 2.21. The summed E-state index contributed by atoms with van der Waals surface area (Å²) in [5, 5.41) is 2.32. The molecule has 0 unspecified atom stereocenters. The van der Waals surface area contributed by atoms with Crippen LogP contribution in [-0.2, 0) is 0 Å². The molecule has 0 atom stereocenters. The first-order valence-corrected chi connectivity index (χ1v) is 4.58. The van der Waals surface area contributed by atoms with Crippen LogP contribution in [0.25, 0.3) is 10.8 Å². The lowest BCUT2D eigenvalue weighted by Gasteiger charge is -2.05. The molecule has 0 aromatic heterocycles. The van der Waals surface area contributed by atoms with Crippen LogP contribution in [0.2, 0.25) is 0 Å². The van der Waals surface area contributed by atoms with E-state index in [-0.39, 0.29) is 0 Å². The van der Waals surface area contributed by atoms with E-state index in [0.717, 1.165) is 11.1 Å². The van der Waals surface area contributed by atoms with Crippen LogP contribution in [0.3, 0.4) is 0 Å². The maximum absolute atomic E-state index is 5.32. The molecule has 2 aromatic carbocycles. The SMILES string of the molecule is C=COc1cccc2cc(C)ccc12. The van der Waals surface area contributed by atoms with E-state index in [4.69, 9.17) is 4.74 Å². The van der Waals surface area contributed by atoms with Crippen molar-refractivity contribution in [3.63, 3.8) is 0 Å². The Balaban J connectivity index is 2.68. The average Bonchev–Trinajstić information content (AvgIpc) is 2.18. The fourth-order valence-corrected chi connectivity index (χ4v) is 1.57. The second kappa shape index (κ2) is 3.54. The number of hydrogen-bond donors (Lipinski definition) is 0.